The molecule has 0 bridgehead atoms. The number of pyridine rings is 1. The van der Waals surface area contributed by atoms with Gasteiger partial charge in [-0.15, -0.1) is 0 Å². The molecule has 1 unspecified atom stereocenters. The molecule has 108 valence electrons. The molecule has 2 heterocycles. The zero-order valence-electron chi connectivity index (χ0n) is 11.7. The summed E-state index contributed by atoms with van der Waals surface area (Å²) in [4.78, 5) is 18.1. The van der Waals surface area contributed by atoms with Crippen LogP contribution in [0.15, 0.2) is 42.7 Å². The van der Waals surface area contributed by atoms with Crippen molar-refractivity contribution in [3.05, 3.63) is 53.9 Å². The van der Waals surface area contributed by atoms with Gasteiger partial charge in [0.05, 0.1) is 17.3 Å². The van der Waals surface area contributed by atoms with Crippen LogP contribution in [0.5, 0.6) is 0 Å². The van der Waals surface area contributed by atoms with E-state index in [-0.39, 0.29) is 6.04 Å². The van der Waals surface area contributed by atoms with Crippen molar-refractivity contribution < 1.29 is 4.79 Å². The lowest BCUT2D eigenvalue weighted by Crippen LogP contribution is -2.26. The number of benzene rings is 1. The molecule has 1 aromatic heterocycles. The lowest BCUT2D eigenvalue weighted by Gasteiger charge is -2.28. The Morgan fingerprint density at radius 1 is 1.33 bits per heavy atom. The number of carbonyl (C=O) groups excluding carboxylic acids is 1. The molecule has 1 aliphatic heterocycles. The smallest absolute Gasteiger partial charge is 0.250 e. The maximum atomic E-state index is 11.7. The van der Waals surface area contributed by atoms with Gasteiger partial charge in [-0.05, 0) is 42.7 Å². The Kier molecular flexibility index (Phi) is 3.48. The Morgan fingerprint density at radius 3 is 2.90 bits per heavy atom. The van der Waals surface area contributed by atoms with Crippen LogP contribution in [-0.4, -0.2) is 17.4 Å². The minimum Gasteiger partial charge on any atom is -0.399 e. The topological polar surface area (TPSA) is 85.2 Å². The van der Waals surface area contributed by atoms with E-state index in [2.05, 4.69) is 16.0 Å². The van der Waals surface area contributed by atoms with Crippen molar-refractivity contribution in [2.24, 2.45) is 5.73 Å². The van der Waals surface area contributed by atoms with Crippen LogP contribution >= 0.6 is 0 Å². The monoisotopic (exact) mass is 282 g/mol. The number of aromatic nitrogens is 1. The first-order valence-electron chi connectivity index (χ1n) is 7.02. The highest BCUT2D eigenvalue weighted by molar-refractivity contribution is 5.99. The average molecular weight is 282 g/mol. The van der Waals surface area contributed by atoms with Gasteiger partial charge in [-0.2, -0.15) is 0 Å². The summed E-state index contributed by atoms with van der Waals surface area (Å²) in [6, 6.07) is 9.43. The fraction of sp³-hybridized carbons (Fsp3) is 0.250. The minimum absolute atomic E-state index is 0.207. The molecule has 1 saturated heterocycles. The standard InChI is InChI=1S/C16H18N4O/c17-12-5-6-13(16(18)21)15(9-12)20-8-2-4-14(20)11-3-1-7-19-10-11/h1,3,5-7,9-10,14H,2,4,8,17H2,(H2,18,21). The third-order valence-electron chi connectivity index (χ3n) is 3.92. The number of anilines is 2. The molecular formula is C16H18N4O. The molecule has 0 saturated carbocycles. The van der Waals surface area contributed by atoms with Gasteiger partial charge in [0.15, 0.2) is 0 Å². The number of rotatable bonds is 3. The highest BCUT2D eigenvalue weighted by Gasteiger charge is 2.28. The van der Waals surface area contributed by atoms with Crippen LogP contribution in [-0.2, 0) is 0 Å². The van der Waals surface area contributed by atoms with Gasteiger partial charge in [0.2, 0.25) is 0 Å². The summed E-state index contributed by atoms with van der Waals surface area (Å²) in [5.74, 6) is -0.429. The van der Waals surface area contributed by atoms with Crippen molar-refractivity contribution in [2.75, 3.05) is 17.2 Å². The lowest BCUT2D eigenvalue weighted by atomic mass is 10.0. The molecule has 1 aromatic carbocycles. The maximum absolute atomic E-state index is 11.7. The second kappa shape index (κ2) is 5.44. The van der Waals surface area contributed by atoms with Crippen LogP contribution in [0.25, 0.3) is 0 Å². The van der Waals surface area contributed by atoms with Gasteiger partial charge in [0, 0.05) is 24.6 Å². The molecule has 2 aromatic rings. The third-order valence-corrected chi connectivity index (χ3v) is 3.92. The first kappa shape index (κ1) is 13.4. The fourth-order valence-corrected chi connectivity index (χ4v) is 2.97. The van der Waals surface area contributed by atoms with Crippen LogP contribution in [0.4, 0.5) is 11.4 Å². The molecule has 0 spiro atoms. The van der Waals surface area contributed by atoms with Crippen molar-refractivity contribution >= 4 is 17.3 Å². The van der Waals surface area contributed by atoms with E-state index in [0.717, 1.165) is 30.6 Å². The van der Waals surface area contributed by atoms with Crippen molar-refractivity contribution in [1.82, 2.24) is 4.98 Å². The van der Waals surface area contributed by atoms with Gasteiger partial charge in [-0.25, -0.2) is 0 Å². The number of hydrogen-bond acceptors (Lipinski definition) is 4. The number of primary amides is 1. The van der Waals surface area contributed by atoms with Gasteiger partial charge in [-0.1, -0.05) is 6.07 Å². The van der Waals surface area contributed by atoms with Crippen molar-refractivity contribution in [2.45, 2.75) is 18.9 Å². The van der Waals surface area contributed by atoms with E-state index < -0.39 is 5.91 Å². The number of nitrogen functional groups attached to an aromatic ring is 1. The van der Waals surface area contributed by atoms with E-state index in [9.17, 15) is 4.79 Å². The van der Waals surface area contributed by atoms with Gasteiger partial charge >= 0.3 is 0 Å². The number of nitrogens with zero attached hydrogens (tertiary/aromatic N) is 2. The third kappa shape index (κ3) is 2.54. The second-order valence-electron chi connectivity index (χ2n) is 5.28. The van der Waals surface area contributed by atoms with E-state index in [4.69, 9.17) is 11.5 Å². The molecule has 0 aliphatic carbocycles. The molecule has 1 amide bonds. The Bertz CT molecular complexity index is 657. The van der Waals surface area contributed by atoms with E-state index in [1.807, 2.05) is 18.3 Å². The van der Waals surface area contributed by atoms with E-state index in [1.165, 1.54) is 0 Å². The summed E-state index contributed by atoms with van der Waals surface area (Å²) in [5, 5.41) is 0. The number of nitrogens with two attached hydrogens (primary N) is 2. The molecule has 3 rings (SSSR count). The highest BCUT2D eigenvalue weighted by Crippen LogP contribution is 2.38. The Hall–Kier alpha value is -2.56. The van der Waals surface area contributed by atoms with Crippen molar-refractivity contribution in [3.63, 3.8) is 0 Å². The summed E-state index contributed by atoms with van der Waals surface area (Å²) in [6.07, 6.45) is 5.72. The normalized spacial score (nSPS) is 17.9. The van der Waals surface area contributed by atoms with Gasteiger partial charge in [0.25, 0.3) is 5.91 Å². The molecule has 0 radical (unpaired) electrons. The predicted molar refractivity (Wildman–Crippen MR) is 82.9 cm³/mol. The maximum Gasteiger partial charge on any atom is 0.250 e. The largest absolute Gasteiger partial charge is 0.399 e. The average Bonchev–Trinajstić information content (AvgIpc) is 2.97. The number of carbonyl (C=O) groups is 1. The quantitative estimate of drug-likeness (QED) is 0.844. The van der Waals surface area contributed by atoms with Crippen molar-refractivity contribution in [1.29, 1.82) is 0 Å². The molecule has 1 aliphatic rings. The SMILES string of the molecule is NC(=O)c1ccc(N)cc1N1CCCC1c1cccnc1. The number of amides is 1. The van der Waals surface area contributed by atoms with Crippen LogP contribution < -0.4 is 16.4 Å². The summed E-state index contributed by atoms with van der Waals surface area (Å²) < 4.78 is 0. The molecule has 5 heteroatoms. The lowest BCUT2D eigenvalue weighted by molar-refractivity contribution is 0.100. The highest BCUT2D eigenvalue weighted by atomic mass is 16.1. The van der Waals surface area contributed by atoms with Crippen LogP contribution in [0, 0.1) is 0 Å². The first-order chi connectivity index (χ1) is 10.2. The Morgan fingerprint density at radius 2 is 2.19 bits per heavy atom. The van der Waals surface area contributed by atoms with Crippen LogP contribution in [0.1, 0.15) is 34.8 Å². The minimum atomic E-state index is -0.429. The molecule has 1 fully saturated rings. The van der Waals surface area contributed by atoms with E-state index in [0.29, 0.717) is 11.3 Å². The van der Waals surface area contributed by atoms with Gasteiger partial charge in [0.1, 0.15) is 0 Å². The molecule has 4 N–H and O–H groups in total. The zero-order valence-corrected chi connectivity index (χ0v) is 11.7. The number of hydrogen-bond donors (Lipinski definition) is 2. The van der Waals surface area contributed by atoms with Gasteiger partial charge < -0.3 is 16.4 Å². The fourth-order valence-electron chi connectivity index (χ4n) is 2.97. The Labute approximate surface area is 123 Å². The van der Waals surface area contributed by atoms with E-state index >= 15 is 0 Å². The van der Waals surface area contributed by atoms with Gasteiger partial charge in [-0.3, -0.25) is 9.78 Å². The summed E-state index contributed by atoms with van der Waals surface area (Å²) >= 11 is 0. The Balaban J connectivity index is 2.03. The predicted octanol–water partition coefficient (Wildman–Crippen LogP) is 2.10. The molecule has 1 atom stereocenters. The van der Waals surface area contributed by atoms with Crippen molar-refractivity contribution in [3.8, 4) is 0 Å². The van der Waals surface area contributed by atoms with Crippen LogP contribution in [0.3, 0.4) is 0 Å². The first-order valence-corrected chi connectivity index (χ1v) is 7.02. The summed E-state index contributed by atoms with van der Waals surface area (Å²) in [6.45, 7) is 0.878. The molecular weight excluding hydrogens is 264 g/mol. The second-order valence-corrected chi connectivity index (χ2v) is 5.28. The van der Waals surface area contributed by atoms with E-state index in [1.54, 1.807) is 18.3 Å². The molecule has 5 nitrogen and oxygen atoms in total. The summed E-state index contributed by atoms with van der Waals surface area (Å²) in [5.41, 5.74) is 14.5. The summed E-state index contributed by atoms with van der Waals surface area (Å²) in [7, 11) is 0. The van der Waals surface area contributed by atoms with Crippen LogP contribution in [0.2, 0.25) is 0 Å². The molecule has 21 heavy (non-hydrogen) atoms. The zero-order chi connectivity index (χ0) is 14.8.